The van der Waals surface area contributed by atoms with Gasteiger partial charge < -0.3 is 0 Å². The van der Waals surface area contributed by atoms with Crippen molar-refractivity contribution in [2.45, 2.75) is 38.5 Å². The van der Waals surface area contributed by atoms with Crippen LogP contribution in [-0.2, 0) is 33.6 Å². The Morgan fingerprint density at radius 1 is 0.347 bits per heavy atom. The molecule has 0 aliphatic carbocycles. The fraction of sp³-hybridized carbons (Fsp3) is 0.100. The van der Waals surface area contributed by atoms with E-state index in [4.69, 9.17) is 13.5 Å². The average molecular weight is 1010 g/mol. The van der Waals surface area contributed by atoms with Crippen LogP contribution >= 0.6 is 13.7 Å². The average Bonchev–Trinajstić information content (AvgIpc) is 3.39. The first-order valence-electron chi connectivity index (χ1n) is 23.4. The van der Waals surface area contributed by atoms with Crippen LogP contribution in [-0.4, -0.2) is 7.32 Å². The zero-order valence-corrected chi connectivity index (χ0v) is 41.3. The van der Waals surface area contributed by atoms with E-state index in [1.807, 2.05) is 232 Å². The van der Waals surface area contributed by atoms with E-state index in [2.05, 4.69) is 12.1 Å². The van der Waals surface area contributed by atoms with E-state index in [0.717, 1.165) is 22.3 Å². The van der Waals surface area contributed by atoms with E-state index in [9.17, 15) is 26.3 Å². The number of halogens is 6. The molecule has 0 aromatic heterocycles. The summed E-state index contributed by atoms with van der Waals surface area (Å²) in [6, 6.07) is 75.0. The van der Waals surface area contributed by atoms with Crippen LogP contribution in [0, 0.1) is 13.8 Å². The van der Waals surface area contributed by atoms with E-state index >= 15 is 0 Å². The van der Waals surface area contributed by atoms with Gasteiger partial charge in [-0.25, -0.2) is 0 Å². The van der Waals surface area contributed by atoms with Crippen LogP contribution in [0.25, 0.3) is 0 Å². The van der Waals surface area contributed by atoms with Crippen molar-refractivity contribution in [3.05, 3.63) is 282 Å². The second-order valence-corrected chi connectivity index (χ2v) is 27.1. The Morgan fingerprint density at radius 3 is 0.875 bits per heavy atom. The molecule has 9 rings (SSSR count). The van der Waals surface area contributed by atoms with Gasteiger partial charge in [-0.3, -0.25) is 0 Å². The van der Waals surface area contributed by atoms with Crippen molar-refractivity contribution in [1.29, 1.82) is 0 Å². The molecule has 0 spiro atoms. The van der Waals surface area contributed by atoms with Crippen molar-refractivity contribution in [3.8, 4) is 5.75 Å². The number of aryl methyl sites for hydroxylation is 2. The molecule has 12 heteroatoms. The number of hydrogen-bond donors (Lipinski definition) is 0. The molecule has 0 bridgehead atoms. The zero-order valence-electron chi connectivity index (χ0n) is 39.5. The van der Waals surface area contributed by atoms with Gasteiger partial charge >= 0.3 is 419 Å². The van der Waals surface area contributed by atoms with Crippen LogP contribution < -0.4 is 36.5 Å². The van der Waals surface area contributed by atoms with Crippen molar-refractivity contribution in [3.63, 3.8) is 0 Å². The van der Waals surface area contributed by atoms with Gasteiger partial charge in [0.15, 0.2) is 0 Å². The summed E-state index contributed by atoms with van der Waals surface area (Å²) in [5.41, 5.74) is 0.533. The van der Waals surface area contributed by atoms with Gasteiger partial charge in [0.05, 0.1) is 0 Å². The van der Waals surface area contributed by atoms with Crippen molar-refractivity contribution in [2.24, 2.45) is 0 Å². The summed E-state index contributed by atoms with van der Waals surface area (Å²) in [7, 11) is -2.07. The summed E-state index contributed by atoms with van der Waals surface area (Å²) in [6.45, 7) is -5.68. The second kappa shape index (κ2) is 20.0. The van der Waals surface area contributed by atoms with Crippen molar-refractivity contribution >= 4 is 52.8 Å². The van der Waals surface area contributed by atoms with E-state index in [1.165, 1.54) is 0 Å². The van der Waals surface area contributed by atoms with Gasteiger partial charge in [0.2, 0.25) is 0 Å². The summed E-state index contributed by atoms with van der Waals surface area (Å²) in [5.74, 6) is -0.759. The first-order chi connectivity index (χ1) is 34.6. The summed E-state index contributed by atoms with van der Waals surface area (Å²) < 4.78 is 113. The van der Waals surface area contributed by atoms with Crippen LogP contribution in [0.15, 0.2) is 249 Å². The monoisotopic (exact) mass is 1010 g/mol. The number of benzene rings is 9. The maximum atomic E-state index is 14.9. The normalized spacial score (nSPS) is 13.3. The molecule has 9 aromatic rings. The number of rotatable bonds is 16. The van der Waals surface area contributed by atoms with E-state index in [-0.39, 0.29) is 18.4 Å². The Morgan fingerprint density at radius 2 is 0.625 bits per heavy atom. The Balaban J connectivity index is 1.48. The van der Waals surface area contributed by atoms with Crippen LogP contribution in [0.3, 0.4) is 0 Å². The molecule has 0 fully saturated rings. The summed E-state index contributed by atoms with van der Waals surface area (Å²) in [6.07, 6.45) is -10.1. The molecule has 0 N–H and O–H groups in total. The molecule has 72 heavy (non-hydrogen) atoms. The van der Waals surface area contributed by atoms with Gasteiger partial charge in [-0.1, -0.05) is 0 Å². The van der Waals surface area contributed by atoms with Crippen LogP contribution in [0.1, 0.15) is 33.4 Å². The molecule has 0 amide bonds. The fourth-order valence-electron chi connectivity index (χ4n) is 10.2. The van der Waals surface area contributed by atoms with Crippen molar-refractivity contribution in [1.82, 2.24) is 0 Å². The quantitative estimate of drug-likeness (QED) is 0.0548. The Hall–Kier alpha value is -6.80. The van der Waals surface area contributed by atoms with Crippen LogP contribution in [0.5, 0.6) is 5.75 Å². The molecule has 0 heterocycles. The Kier molecular flexibility index (Phi) is 13.9. The molecular weight excluding hydrogens is 955 g/mol. The molecular formula is C60H51BF6O3P2. The first kappa shape index (κ1) is 50.2. The SMILES string of the molecule is Cc1cccc(CP(OB(Oc2cc(C(F)(F)F)cc(C(F)(F)F)c2)OP(Cc2cccc(C)c2)(c2ccccc2)(c2ccccc2)c2ccccc2)(c2ccccc2)(c2ccccc2)c2ccccc2)c1. The third-order valence-electron chi connectivity index (χ3n) is 13.4. The summed E-state index contributed by atoms with van der Waals surface area (Å²) in [4.78, 5) is 0. The molecule has 3 nitrogen and oxygen atoms in total. The van der Waals surface area contributed by atoms with Gasteiger partial charge in [0.1, 0.15) is 0 Å². The Bertz CT molecular complexity index is 2840. The zero-order chi connectivity index (χ0) is 50.5. The van der Waals surface area contributed by atoms with Gasteiger partial charge in [0, 0.05) is 0 Å². The van der Waals surface area contributed by atoms with Gasteiger partial charge in [0.25, 0.3) is 0 Å². The Labute approximate surface area is 417 Å². The molecule has 0 radical (unpaired) electrons. The summed E-state index contributed by atoms with van der Waals surface area (Å²) >= 11 is 0. The minimum absolute atomic E-state index is 0.0922. The van der Waals surface area contributed by atoms with Gasteiger partial charge in [-0.05, 0) is 0 Å². The third kappa shape index (κ3) is 9.41. The van der Waals surface area contributed by atoms with Gasteiger partial charge in [-0.2, -0.15) is 0 Å². The molecule has 364 valence electrons. The minimum atomic E-state index is -5.19. The first-order valence-corrected chi connectivity index (χ1v) is 28.1. The van der Waals surface area contributed by atoms with Gasteiger partial charge in [-0.15, -0.1) is 0 Å². The molecule has 0 unspecified atom stereocenters. The molecule has 0 saturated heterocycles. The van der Waals surface area contributed by atoms with Crippen molar-refractivity contribution in [2.75, 3.05) is 0 Å². The fourth-order valence-corrected chi connectivity index (χ4v) is 21.6. The molecule has 9 aromatic carbocycles. The number of alkyl halides is 6. The van der Waals surface area contributed by atoms with E-state index in [1.54, 1.807) is 0 Å². The maximum absolute atomic E-state index is 14.9. The number of hydrogen-bond acceptors (Lipinski definition) is 3. The standard InChI is InChI=1S/C60H51BF6O3P2/c1-46-23-21-25-48(39-46)44-71(53-27-9-3-10-28-53,54-29-11-4-12-30-54,55-31-13-5-14-32-55)69-61(68-52-42-50(59(62,63)64)41-51(43-52)60(65,66)67)70-72(56-33-15-6-16-34-56,57-35-17-7-18-36-57,58-37-19-8-20-38-58)45-49-26-22-24-47(2)40-49/h3-43H,44-45H2,1-2H3. The van der Waals surface area contributed by atoms with E-state index < -0.39 is 50.2 Å². The molecule has 0 aliphatic heterocycles. The summed E-state index contributed by atoms with van der Waals surface area (Å²) in [5, 5.41) is 4.24. The third-order valence-corrected chi connectivity index (χ3v) is 24.9. The molecule has 0 saturated carbocycles. The molecule has 0 aliphatic rings. The van der Waals surface area contributed by atoms with E-state index in [0.29, 0.717) is 44.0 Å². The van der Waals surface area contributed by atoms with Crippen LogP contribution in [0.4, 0.5) is 26.3 Å². The predicted molar refractivity (Wildman–Crippen MR) is 285 cm³/mol. The predicted octanol–water partition coefficient (Wildman–Crippen LogP) is 14.0. The molecule has 0 atom stereocenters. The van der Waals surface area contributed by atoms with Crippen molar-refractivity contribution < 1.29 is 39.9 Å². The second-order valence-electron chi connectivity index (χ2n) is 18.1. The van der Waals surface area contributed by atoms with Crippen LogP contribution in [0.2, 0.25) is 0 Å². The topological polar surface area (TPSA) is 27.7 Å².